The van der Waals surface area contributed by atoms with Gasteiger partial charge in [-0.15, -0.1) is 0 Å². The number of hydrogen-bond acceptors (Lipinski definition) is 4. The molecule has 4 rings (SSSR count). The van der Waals surface area contributed by atoms with Crippen molar-refractivity contribution in [3.05, 3.63) is 102 Å². The van der Waals surface area contributed by atoms with E-state index in [1.54, 1.807) is 12.3 Å². The minimum absolute atomic E-state index is 0.376. The average molecular weight is 461 g/mol. The average Bonchev–Trinajstić information content (AvgIpc) is 3.27. The van der Waals surface area contributed by atoms with Crippen LogP contribution in [0, 0.1) is 0 Å². The number of furan rings is 1. The molecule has 0 aliphatic carbocycles. The lowest BCUT2D eigenvalue weighted by atomic mass is 9.89. The molecule has 170 valence electrons. The number of rotatable bonds is 12. The van der Waals surface area contributed by atoms with Crippen LogP contribution >= 0.6 is 11.8 Å². The van der Waals surface area contributed by atoms with E-state index in [1.807, 2.05) is 23.9 Å². The molecule has 0 fully saturated rings. The highest BCUT2D eigenvalue weighted by Crippen LogP contribution is 2.32. The number of hydrogen-bond donors (Lipinski definition) is 1. The van der Waals surface area contributed by atoms with Gasteiger partial charge in [0.1, 0.15) is 0 Å². The standard InChI is InChI=1S/C28H28O4S/c29-27(30)20-31-26-15-7-14-25-23(19-32-28(25)26)13-8-17-33-18-16-24(21-9-3-1-4-10-21)22-11-5-2-6-12-22/h1-7,9-12,14-15,19,24H,8,13,16-18,20H2,(H,29,30). The lowest BCUT2D eigenvalue weighted by molar-refractivity contribution is -0.139. The summed E-state index contributed by atoms with van der Waals surface area (Å²) in [6.45, 7) is -0.376. The van der Waals surface area contributed by atoms with Gasteiger partial charge in [-0.05, 0) is 53.5 Å². The predicted molar refractivity (Wildman–Crippen MR) is 134 cm³/mol. The molecule has 0 spiro atoms. The number of aryl methyl sites for hydroxylation is 1. The highest BCUT2D eigenvalue weighted by atomic mass is 32.2. The fourth-order valence-corrected chi connectivity index (χ4v) is 5.05. The number of carbonyl (C=O) groups is 1. The summed E-state index contributed by atoms with van der Waals surface area (Å²) < 4.78 is 11.0. The van der Waals surface area contributed by atoms with Gasteiger partial charge >= 0.3 is 5.97 Å². The van der Waals surface area contributed by atoms with Crippen molar-refractivity contribution >= 4 is 28.7 Å². The van der Waals surface area contributed by atoms with Crippen LogP contribution in [-0.2, 0) is 11.2 Å². The van der Waals surface area contributed by atoms with E-state index in [4.69, 9.17) is 14.3 Å². The smallest absolute Gasteiger partial charge is 0.341 e. The van der Waals surface area contributed by atoms with Crippen molar-refractivity contribution in [3.8, 4) is 5.75 Å². The molecule has 0 radical (unpaired) electrons. The summed E-state index contributed by atoms with van der Waals surface area (Å²) >= 11 is 1.99. The number of fused-ring (bicyclic) bond motifs is 1. The number of benzene rings is 3. The molecule has 0 aliphatic heterocycles. The summed E-state index contributed by atoms with van der Waals surface area (Å²) in [6.07, 6.45) is 4.85. The Morgan fingerprint density at radius 3 is 2.27 bits per heavy atom. The molecule has 0 atom stereocenters. The van der Waals surface area contributed by atoms with Gasteiger partial charge in [-0.1, -0.05) is 72.8 Å². The number of ether oxygens (including phenoxy) is 1. The molecule has 3 aromatic carbocycles. The Hall–Kier alpha value is -3.18. The maximum Gasteiger partial charge on any atom is 0.341 e. The maximum atomic E-state index is 10.8. The minimum Gasteiger partial charge on any atom is -0.479 e. The van der Waals surface area contributed by atoms with Crippen LogP contribution in [0.15, 0.2) is 89.5 Å². The molecule has 1 aromatic heterocycles. The highest BCUT2D eigenvalue weighted by Gasteiger charge is 2.14. The van der Waals surface area contributed by atoms with Gasteiger partial charge in [0.05, 0.1) is 6.26 Å². The predicted octanol–water partition coefficient (Wildman–Crippen LogP) is 6.78. The van der Waals surface area contributed by atoms with Gasteiger partial charge in [-0.2, -0.15) is 11.8 Å². The molecule has 0 saturated heterocycles. The van der Waals surface area contributed by atoms with Crippen molar-refractivity contribution < 1.29 is 19.1 Å². The minimum atomic E-state index is -1.00. The first-order chi connectivity index (χ1) is 16.2. The van der Waals surface area contributed by atoms with Crippen molar-refractivity contribution in [3.63, 3.8) is 0 Å². The van der Waals surface area contributed by atoms with Crippen molar-refractivity contribution in [2.75, 3.05) is 18.1 Å². The van der Waals surface area contributed by atoms with Crippen LogP contribution in [0.2, 0.25) is 0 Å². The van der Waals surface area contributed by atoms with Crippen molar-refractivity contribution in [2.24, 2.45) is 0 Å². The third-order valence-corrected chi connectivity index (χ3v) is 6.79. The van der Waals surface area contributed by atoms with Crippen LogP contribution in [0.5, 0.6) is 5.75 Å². The van der Waals surface area contributed by atoms with Gasteiger partial charge in [0, 0.05) is 11.3 Å². The molecule has 0 unspecified atom stereocenters. The summed E-state index contributed by atoms with van der Waals surface area (Å²) in [4.78, 5) is 10.8. The Morgan fingerprint density at radius 2 is 1.61 bits per heavy atom. The van der Waals surface area contributed by atoms with Gasteiger partial charge in [-0.3, -0.25) is 0 Å². The van der Waals surface area contributed by atoms with Gasteiger partial charge in [0.15, 0.2) is 17.9 Å². The van der Waals surface area contributed by atoms with E-state index in [-0.39, 0.29) is 6.61 Å². The zero-order valence-electron chi connectivity index (χ0n) is 18.5. The van der Waals surface area contributed by atoms with Crippen molar-refractivity contribution in [1.29, 1.82) is 0 Å². The summed E-state index contributed by atoms with van der Waals surface area (Å²) in [7, 11) is 0. The molecule has 33 heavy (non-hydrogen) atoms. The van der Waals surface area contributed by atoms with E-state index >= 15 is 0 Å². The van der Waals surface area contributed by atoms with E-state index in [1.165, 1.54) is 11.1 Å². The lowest BCUT2D eigenvalue weighted by Crippen LogP contribution is -2.09. The molecule has 4 nitrogen and oxygen atoms in total. The second kappa shape index (κ2) is 11.6. The molecule has 1 N–H and O–H groups in total. The molecular weight excluding hydrogens is 432 g/mol. The summed E-state index contributed by atoms with van der Waals surface area (Å²) in [5.41, 5.74) is 4.50. The maximum absolute atomic E-state index is 10.8. The van der Waals surface area contributed by atoms with Gasteiger partial charge in [0.25, 0.3) is 0 Å². The van der Waals surface area contributed by atoms with E-state index < -0.39 is 5.97 Å². The molecule has 0 aliphatic rings. The van der Waals surface area contributed by atoms with Crippen molar-refractivity contribution in [2.45, 2.75) is 25.2 Å². The third-order valence-electron chi connectivity index (χ3n) is 5.68. The van der Waals surface area contributed by atoms with Crippen LogP contribution in [0.1, 0.15) is 35.4 Å². The fourth-order valence-electron chi connectivity index (χ4n) is 4.09. The van der Waals surface area contributed by atoms with Crippen LogP contribution in [0.25, 0.3) is 11.0 Å². The topological polar surface area (TPSA) is 59.7 Å². The Balaban J connectivity index is 1.28. The molecule has 0 amide bonds. The summed E-state index contributed by atoms with van der Waals surface area (Å²) in [5, 5.41) is 9.84. The first-order valence-corrected chi connectivity index (χ1v) is 12.4. The van der Waals surface area contributed by atoms with Crippen molar-refractivity contribution in [1.82, 2.24) is 0 Å². The number of aliphatic carboxylic acids is 1. The largest absolute Gasteiger partial charge is 0.479 e. The van der Waals surface area contributed by atoms with Gasteiger partial charge in [-0.25, -0.2) is 4.79 Å². The molecule has 1 heterocycles. The third kappa shape index (κ3) is 6.20. The summed E-state index contributed by atoms with van der Waals surface area (Å²) in [6, 6.07) is 27.1. The normalized spacial score (nSPS) is 11.2. The zero-order valence-corrected chi connectivity index (χ0v) is 19.3. The van der Waals surface area contributed by atoms with E-state index in [0.29, 0.717) is 17.3 Å². The van der Waals surface area contributed by atoms with Gasteiger partial charge in [0.2, 0.25) is 0 Å². The highest BCUT2D eigenvalue weighted by molar-refractivity contribution is 7.99. The van der Waals surface area contributed by atoms with E-state index in [9.17, 15) is 4.79 Å². The van der Waals surface area contributed by atoms with Crippen LogP contribution in [-0.4, -0.2) is 29.2 Å². The molecule has 5 heteroatoms. The van der Waals surface area contributed by atoms with Crippen LogP contribution in [0.4, 0.5) is 0 Å². The monoisotopic (exact) mass is 460 g/mol. The van der Waals surface area contributed by atoms with Crippen LogP contribution in [0.3, 0.4) is 0 Å². The number of carboxylic acids is 1. The van der Waals surface area contributed by atoms with Gasteiger partial charge < -0.3 is 14.3 Å². The molecular formula is C28H28O4S. The number of para-hydroxylation sites is 1. The quantitative estimate of drug-likeness (QED) is 0.236. The number of thioether (sulfide) groups is 1. The van der Waals surface area contributed by atoms with E-state index in [0.717, 1.165) is 41.7 Å². The summed E-state index contributed by atoms with van der Waals surface area (Å²) in [5.74, 6) is 2.08. The molecule has 0 saturated carbocycles. The SMILES string of the molecule is O=C(O)COc1cccc2c(CCCSCCC(c3ccccc3)c3ccccc3)coc12. The Bertz CT molecular complexity index is 1110. The van der Waals surface area contributed by atoms with E-state index in [2.05, 4.69) is 60.7 Å². The Kier molecular flexibility index (Phi) is 8.09. The lowest BCUT2D eigenvalue weighted by Gasteiger charge is -2.18. The fraction of sp³-hybridized carbons (Fsp3) is 0.250. The first-order valence-electron chi connectivity index (χ1n) is 11.2. The molecule has 0 bridgehead atoms. The molecule has 4 aromatic rings. The van der Waals surface area contributed by atoms with Crippen LogP contribution < -0.4 is 4.74 Å². The Morgan fingerprint density at radius 1 is 0.909 bits per heavy atom. The Labute approximate surface area is 198 Å². The number of carboxylic acid groups (broad SMARTS) is 1. The zero-order chi connectivity index (χ0) is 22.9. The second-order valence-electron chi connectivity index (χ2n) is 7.95. The second-order valence-corrected chi connectivity index (χ2v) is 9.18. The first kappa shape index (κ1) is 23.0.